The van der Waals surface area contributed by atoms with Crippen LogP contribution in [-0.2, 0) is 0 Å². The van der Waals surface area contributed by atoms with Gasteiger partial charge in [0.25, 0.3) is 0 Å². The summed E-state index contributed by atoms with van der Waals surface area (Å²) in [7, 11) is 0. The fraction of sp³-hybridized carbons (Fsp3) is 0.0256. The molecule has 82 heavy (non-hydrogen) atoms. The van der Waals surface area contributed by atoms with Crippen molar-refractivity contribution in [1.29, 1.82) is 0 Å². The van der Waals surface area contributed by atoms with Crippen LogP contribution in [-0.4, -0.2) is 18.3 Å². The Balaban J connectivity index is 0.730. The normalized spacial score (nSPS) is 12.8. The minimum atomic E-state index is 1.04. The molecule has 0 radical (unpaired) electrons. The number of para-hydroxylation sites is 5. The summed E-state index contributed by atoms with van der Waals surface area (Å²) >= 11 is 0. The molecule has 16 aromatic rings. The van der Waals surface area contributed by atoms with Crippen molar-refractivity contribution in [2.24, 2.45) is 0 Å². The highest BCUT2D eigenvalue weighted by molar-refractivity contribution is 6.28. The fourth-order valence-corrected chi connectivity index (χ4v) is 13.7. The molecule has 0 N–H and O–H groups in total. The summed E-state index contributed by atoms with van der Waals surface area (Å²) < 4.78 is 9.87. The third-order valence-electron chi connectivity index (χ3n) is 17.3. The molecular weight excluding hydrogens is 993 g/mol. The first-order valence-electron chi connectivity index (χ1n) is 28.6. The fourth-order valence-electron chi connectivity index (χ4n) is 13.7. The largest absolute Gasteiger partial charge is 0.309 e. The van der Waals surface area contributed by atoms with E-state index in [1.807, 2.05) is 0 Å². The number of fused-ring (bicyclic) bond motifs is 14. The van der Waals surface area contributed by atoms with E-state index in [0.29, 0.717) is 0 Å². The van der Waals surface area contributed by atoms with E-state index in [0.717, 1.165) is 29.9 Å². The number of hydrogen-bond donors (Lipinski definition) is 0. The van der Waals surface area contributed by atoms with Gasteiger partial charge < -0.3 is 18.3 Å². The maximum atomic E-state index is 2.50. The van der Waals surface area contributed by atoms with E-state index in [1.54, 1.807) is 0 Å². The van der Waals surface area contributed by atoms with Gasteiger partial charge in [-0.15, -0.1) is 0 Å². The van der Waals surface area contributed by atoms with E-state index in [-0.39, 0.29) is 0 Å². The molecule has 0 unspecified atom stereocenters. The predicted molar refractivity (Wildman–Crippen MR) is 347 cm³/mol. The molecule has 4 heterocycles. The summed E-state index contributed by atoms with van der Waals surface area (Å²) in [6.07, 6.45) is 9.13. The highest BCUT2D eigenvalue weighted by Gasteiger charge is 2.24. The molecule has 17 rings (SSSR count). The lowest BCUT2D eigenvalue weighted by atomic mass is 9.94. The Bertz CT molecular complexity index is 5340. The Morgan fingerprint density at radius 2 is 0.598 bits per heavy atom. The minimum Gasteiger partial charge on any atom is -0.309 e. The van der Waals surface area contributed by atoms with Gasteiger partial charge >= 0.3 is 0 Å². The van der Waals surface area contributed by atoms with Gasteiger partial charge in [-0.05, 0) is 154 Å². The topological polar surface area (TPSA) is 19.7 Å². The molecule has 0 aliphatic heterocycles. The standard InChI is InChI=1S/C78H52N4/c1-3-28-59(29-4-1)79-71-40-13-9-36-67(71)75-73(79)44-42-66-64-35-8-12-39-70(64)82(78(66)75)62-33-19-27-58(50-62)56-25-17-23-54(48-56)52-21-15-20-51(46-52)53-22-16-24-55(47-53)57-26-18-32-61(49-57)80-72-41-14-10-37-68(72)76-74(80)45-43-65-63-34-7-11-38-69(63)81(77(65)76)60-30-5-2-6-31-60/h1,3-5,7-50H,2,6H2. The third kappa shape index (κ3) is 7.11. The number of nitrogens with zero attached hydrogens (tertiary/aromatic N) is 4. The molecule has 4 nitrogen and oxygen atoms in total. The van der Waals surface area contributed by atoms with E-state index in [2.05, 4.69) is 309 Å². The Kier molecular flexibility index (Phi) is 10.4. The smallest absolute Gasteiger partial charge is 0.0641 e. The van der Waals surface area contributed by atoms with E-state index < -0.39 is 0 Å². The lowest BCUT2D eigenvalue weighted by Gasteiger charge is -2.13. The Hall–Kier alpha value is -10.7. The number of benzene rings is 12. The van der Waals surface area contributed by atoms with Gasteiger partial charge in [-0.3, -0.25) is 0 Å². The molecule has 0 bridgehead atoms. The van der Waals surface area contributed by atoms with Crippen LogP contribution < -0.4 is 0 Å². The molecule has 12 aromatic carbocycles. The molecule has 0 saturated heterocycles. The molecule has 0 spiro atoms. The highest BCUT2D eigenvalue weighted by atomic mass is 15.0. The second kappa shape index (κ2) is 18.5. The number of allylic oxidation sites excluding steroid dienone is 4. The van der Waals surface area contributed by atoms with Crippen molar-refractivity contribution in [3.8, 4) is 61.6 Å². The molecule has 0 fully saturated rings. The summed E-state index contributed by atoms with van der Waals surface area (Å²) in [5, 5.41) is 10.1. The van der Waals surface area contributed by atoms with Crippen LogP contribution in [0.25, 0.3) is 154 Å². The molecule has 0 saturated carbocycles. The van der Waals surface area contributed by atoms with Crippen LogP contribution in [0.5, 0.6) is 0 Å². The van der Waals surface area contributed by atoms with Gasteiger partial charge in [0.2, 0.25) is 0 Å². The van der Waals surface area contributed by atoms with Gasteiger partial charge in [0.05, 0.1) is 44.1 Å². The second-order valence-electron chi connectivity index (χ2n) is 21.9. The molecule has 4 aromatic heterocycles. The lowest BCUT2D eigenvalue weighted by molar-refractivity contribution is 1.02. The summed E-state index contributed by atoms with van der Waals surface area (Å²) in [6.45, 7) is 0. The summed E-state index contributed by atoms with van der Waals surface area (Å²) in [5.41, 5.74) is 23.8. The zero-order chi connectivity index (χ0) is 53.8. The van der Waals surface area contributed by atoms with E-state index in [9.17, 15) is 0 Å². The second-order valence-corrected chi connectivity index (χ2v) is 21.9. The molecule has 1 aliphatic carbocycles. The minimum absolute atomic E-state index is 1.04. The number of aromatic nitrogens is 4. The van der Waals surface area contributed by atoms with Gasteiger partial charge in [0.1, 0.15) is 0 Å². The SMILES string of the molecule is C1=CC(n2c3ccccc3c3ccc4c(c5ccccc5n4-c4cccc(-c5cccc(-c6cccc(-c7cccc(-c8cccc(-n9c%10ccccc%10c%10ccc%11c(c%12ccccc%12n%11-c%11ccccc%11)c%109)c8)c7)c6)c5)c4)c32)=CCC1. The van der Waals surface area contributed by atoms with Crippen molar-refractivity contribution < 1.29 is 0 Å². The average molecular weight is 1050 g/mol. The molecule has 4 heteroatoms. The van der Waals surface area contributed by atoms with Crippen LogP contribution in [0.2, 0.25) is 0 Å². The summed E-state index contributed by atoms with van der Waals surface area (Å²) in [5.74, 6) is 0. The first-order chi connectivity index (χ1) is 40.7. The van der Waals surface area contributed by atoms with Crippen LogP contribution in [0.15, 0.2) is 291 Å². The first-order valence-corrected chi connectivity index (χ1v) is 28.6. The maximum absolute atomic E-state index is 2.50. The van der Waals surface area contributed by atoms with Crippen LogP contribution in [0.3, 0.4) is 0 Å². The summed E-state index contributed by atoms with van der Waals surface area (Å²) in [4.78, 5) is 0. The van der Waals surface area contributed by atoms with Crippen LogP contribution >= 0.6 is 0 Å². The van der Waals surface area contributed by atoms with Gasteiger partial charge in [-0.25, -0.2) is 0 Å². The van der Waals surface area contributed by atoms with Crippen molar-refractivity contribution >= 4 is 92.9 Å². The lowest BCUT2D eigenvalue weighted by Crippen LogP contribution is -1.98. The van der Waals surface area contributed by atoms with E-state index in [4.69, 9.17) is 0 Å². The van der Waals surface area contributed by atoms with Crippen molar-refractivity contribution in [3.05, 3.63) is 291 Å². The molecular formula is C78H52N4. The molecule has 384 valence electrons. The quantitative estimate of drug-likeness (QED) is 0.145. The van der Waals surface area contributed by atoms with E-state index >= 15 is 0 Å². The first kappa shape index (κ1) is 46.3. The Labute approximate surface area is 474 Å². The van der Waals surface area contributed by atoms with Crippen molar-refractivity contribution in [1.82, 2.24) is 18.3 Å². The zero-order valence-electron chi connectivity index (χ0n) is 44.9. The van der Waals surface area contributed by atoms with Crippen LogP contribution in [0.1, 0.15) is 12.8 Å². The van der Waals surface area contributed by atoms with Gasteiger partial charge in [0, 0.05) is 65.8 Å². The maximum Gasteiger partial charge on any atom is 0.0641 e. The number of rotatable bonds is 8. The highest BCUT2D eigenvalue weighted by Crippen LogP contribution is 2.45. The average Bonchev–Trinajstić information content (AvgIpc) is 2.03. The molecule has 1 aliphatic rings. The van der Waals surface area contributed by atoms with Crippen molar-refractivity contribution in [2.45, 2.75) is 12.8 Å². The van der Waals surface area contributed by atoms with E-state index in [1.165, 1.54) is 137 Å². The van der Waals surface area contributed by atoms with Gasteiger partial charge in [-0.2, -0.15) is 0 Å². The molecule has 0 atom stereocenters. The van der Waals surface area contributed by atoms with Gasteiger partial charge in [-0.1, -0.05) is 194 Å². The number of hydrogen-bond acceptors (Lipinski definition) is 0. The monoisotopic (exact) mass is 1040 g/mol. The third-order valence-corrected chi connectivity index (χ3v) is 17.3. The zero-order valence-corrected chi connectivity index (χ0v) is 44.9. The molecule has 0 amide bonds. The van der Waals surface area contributed by atoms with Gasteiger partial charge in [0.15, 0.2) is 0 Å². The Morgan fingerprint density at radius 3 is 1.07 bits per heavy atom. The summed E-state index contributed by atoms with van der Waals surface area (Å²) in [6, 6.07) is 101. The van der Waals surface area contributed by atoms with Crippen molar-refractivity contribution in [2.75, 3.05) is 0 Å². The van der Waals surface area contributed by atoms with Crippen molar-refractivity contribution in [3.63, 3.8) is 0 Å². The van der Waals surface area contributed by atoms with Crippen LogP contribution in [0, 0.1) is 0 Å². The predicted octanol–water partition coefficient (Wildman–Crippen LogP) is 20.9. The Morgan fingerprint density at radius 1 is 0.232 bits per heavy atom. The van der Waals surface area contributed by atoms with Crippen LogP contribution in [0.4, 0.5) is 0 Å².